The average molecular weight is 242 g/mol. The van der Waals surface area contributed by atoms with Crippen LogP contribution < -0.4 is 0 Å². The Morgan fingerprint density at radius 3 is 2.00 bits per heavy atom. The molecule has 0 atom stereocenters. The smallest absolute Gasteiger partial charge is 0.126 e. The Hall–Kier alpha value is -0.960. The summed E-state index contributed by atoms with van der Waals surface area (Å²) in [4.78, 5) is 0. The summed E-state index contributed by atoms with van der Waals surface area (Å²) < 4.78 is 31.6. The molecule has 0 spiro atoms. The van der Waals surface area contributed by atoms with Gasteiger partial charge in [0.1, 0.15) is 11.6 Å². The lowest BCUT2D eigenvalue weighted by atomic mass is 10.1. The first-order valence-electron chi connectivity index (χ1n) is 6.22. The lowest BCUT2D eigenvalue weighted by Crippen LogP contribution is -2.12. The molecule has 0 heterocycles. The molecule has 1 aromatic rings. The Bertz CT molecular complexity index is 313. The van der Waals surface area contributed by atoms with E-state index in [1.165, 1.54) is 12.1 Å². The van der Waals surface area contributed by atoms with Crippen molar-refractivity contribution in [1.29, 1.82) is 0 Å². The first-order chi connectivity index (χ1) is 8.15. The Labute approximate surface area is 102 Å². The first-order valence-corrected chi connectivity index (χ1v) is 6.22. The molecule has 96 valence electrons. The van der Waals surface area contributed by atoms with Crippen LogP contribution in [0, 0.1) is 11.6 Å². The van der Waals surface area contributed by atoms with E-state index in [1.807, 2.05) is 0 Å². The third-order valence-electron chi connectivity index (χ3n) is 2.63. The highest BCUT2D eigenvalue weighted by Gasteiger charge is 2.08. The maximum absolute atomic E-state index is 13.0. The molecule has 1 rings (SSSR count). The molecule has 0 amide bonds. The number of benzene rings is 1. The van der Waals surface area contributed by atoms with Crippen LogP contribution >= 0.6 is 0 Å². The van der Waals surface area contributed by atoms with Gasteiger partial charge in [0.05, 0.1) is 12.7 Å². The van der Waals surface area contributed by atoms with Gasteiger partial charge in [0.15, 0.2) is 0 Å². The lowest BCUT2D eigenvalue weighted by molar-refractivity contribution is 0.0283. The molecule has 0 N–H and O–H groups in total. The molecule has 0 saturated carbocycles. The Balaban J connectivity index is 2.52. The third kappa shape index (κ3) is 5.26. The van der Waals surface area contributed by atoms with E-state index in [2.05, 4.69) is 13.8 Å². The first kappa shape index (κ1) is 14.1. The molecule has 0 fully saturated rings. The normalized spacial score (nSPS) is 11.1. The zero-order valence-electron chi connectivity index (χ0n) is 10.5. The molecule has 17 heavy (non-hydrogen) atoms. The number of hydrogen-bond acceptors (Lipinski definition) is 1. The summed E-state index contributed by atoms with van der Waals surface area (Å²) in [5, 5.41) is 0. The minimum absolute atomic E-state index is 0.191. The van der Waals surface area contributed by atoms with Crippen molar-refractivity contribution >= 4 is 0 Å². The summed E-state index contributed by atoms with van der Waals surface area (Å²) in [5.74, 6) is -1.10. The Morgan fingerprint density at radius 1 is 1.00 bits per heavy atom. The predicted molar refractivity (Wildman–Crippen MR) is 64.8 cm³/mol. The van der Waals surface area contributed by atoms with Crippen molar-refractivity contribution in [2.45, 2.75) is 52.2 Å². The van der Waals surface area contributed by atoms with Crippen molar-refractivity contribution in [3.63, 3.8) is 0 Å². The van der Waals surface area contributed by atoms with E-state index in [9.17, 15) is 8.78 Å². The molecule has 0 aliphatic carbocycles. The fraction of sp³-hybridized carbons (Fsp3) is 0.571. The SMILES string of the molecule is CCCC(CCC)OCc1cc(F)cc(F)c1. The van der Waals surface area contributed by atoms with Crippen LogP contribution in [0.5, 0.6) is 0 Å². The number of rotatable bonds is 7. The second-order valence-electron chi connectivity index (χ2n) is 4.29. The van der Waals surface area contributed by atoms with E-state index in [-0.39, 0.29) is 12.7 Å². The number of halogens is 2. The highest BCUT2D eigenvalue weighted by atomic mass is 19.1. The van der Waals surface area contributed by atoms with Gasteiger partial charge in [-0.25, -0.2) is 8.78 Å². The van der Waals surface area contributed by atoms with Crippen molar-refractivity contribution in [1.82, 2.24) is 0 Å². The zero-order valence-corrected chi connectivity index (χ0v) is 10.5. The van der Waals surface area contributed by atoms with Gasteiger partial charge in [-0.15, -0.1) is 0 Å². The van der Waals surface area contributed by atoms with Crippen LogP contribution in [0.1, 0.15) is 45.1 Å². The van der Waals surface area contributed by atoms with Gasteiger partial charge in [-0.2, -0.15) is 0 Å². The molecule has 0 radical (unpaired) electrons. The van der Waals surface area contributed by atoms with Crippen LogP contribution in [-0.4, -0.2) is 6.10 Å². The van der Waals surface area contributed by atoms with Crippen LogP contribution in [-0.2, 0) is 11.3 Å². The fourth-order valence-electron chi connectivity index (χ4n) is 1.86. The summed E-state index contributed by atoms with van der Waals surface area (Å²) in [6.07, 6.45) is 4.29. The van der Waals surface area contributed by atoms with E-state index in [4.69, 9.17) is 4.74 Å². The lowest BCUT2D eigenvalue weighted by Gasteiger charge is -2.16. The predicted octanol–water partition coefficient (Wildman–Crippen LogP) is 4.45. The third-order valence-corrected chi connectivity index (χ3v) is 2.63. The van der Waals surface area contributed by atoms with E-state index >= 15 is 0 Å². The van der Waals surface area contributed by atoms with Gasteiger partial charge >= 0.3 is 0 Å². The van der Waals surface area contributed by atoms with Crippen LogP contribution in [0.3, 0.4) is 0 Å². The quantitative estimate of drug-likeness (QED) is 0.686. The molecular weight excluding hydrogens is 222 g/mol. The minimum Gasteiger partial charge on any atom is -0.374 e. The monoisotopic (exact) mass is 242 g/mol. The van der Waals surface area contributed by atoms with Crippen molar-refractivity contribution < 1.29 is 13.5 Å². The standard InChI is InChI=1S/C14H20F2O/c1-3-5-14(6-4-2)17-10-11-7-12(15)9-13(16)8-11/h7-9,14H,3-6,10H2,1-2H3. The summed E-state index contributed by atoms with van der Waals surface area (Å²) in [6, 6.07) is 3.51. The molecule has 0 saturated heterocycles. The maximum atomic E-state index is 13.0. The Kier molecular flexibility index (Phi) is 6.12. The van der Waals surface area contributed by atoms with Crippen LogP contribution in [0.2, 0.25) is 0 Å². The van der Waals surface area contributed by atoms with E-state index < -0.39 is 11.6 Å². The highest BCUT2D eigenvalue weighted by molar-refractivity contribution is 5.16. The van der Waals surface area contributed by atoms with Crippen molar-refractivity contribution in [3.8, 4) is 0 Å². The van der Waals surface area contributed by atoms with Gasteiger partial charge in [-0.1, -0.05) is 26.7 Å². The van der Waals surface area contributed by atoms with E-state index in [0.717, 1.165) is 31.7 Å². The van der Waals surface area contributed by atoms with Crippen LogP contribution in [0.25, 0.3) is 0 Å². The van der Waals surface area contributed by atoms with E-state index in [0.29, 0.717) is 5.56 Å². The topological polar surface area (TPSA) is 9.23 Å². The average Bonchev–Trinajstić information content (AvgIpc) is 2.25. The summed E-state index contributed by atoms with van der Waals surface area (Å²) in [6.45, 7) is 4.49. The maximum Gasteiger partial charge on any atom is 0.126 e. The van der Waals surface area contributed by atoms with Gasteiger partial charge in [-0.3, -0.25) is 0 Å². The van der Waals surface area contributed by atoms with Crippen molar-refractivity contribution in [3.05, 3.63) is 35.4 Å². The second-order valence-corrected chi connectivity index (χ2v) is 4.29. The van der Waals surface area contributed by atoms with E-state index in [1.54, 1.807) is 0 Å². The highest BCUT2D eigenvalue weighted by Crippen LogP contribution is 2.14. The Morgan fingerprint density at radius 2 is 1.53 bits per heavy atom. The second kappa shape index (κ2) is 7.38. The number of hydrogen-bond donors (Lipinski definition) is 0. The molecule has 1 aromatic carbocycles. The van der Waals surface area contributed by atoms with Crippen LogP contribution in [0.15, 0.2) is 18.2 Å². The molecule has 0 aliphatic heterocycles. The summed E-state index contributed by atoms with van der Waals surface area (Å²) in [7, 11) is 0. The minimum atomic E-state index is -0.550. The molecule has 0 bridgehead atoms. The van der Waals surface area contributed by atoms with Gasteiger partial charge in [-0.05, 0) is 30.5 Å². The molecule has 0 unspecified atom stereocenters. The summed E-state index contributed by atoms with van der Waals surface area (Å²) in [5.41, 5.74) is 0.555. The fourth-order valence-corrected chi connectivity index (χ4v) is 1.86. The zero-order chi connectivity index (χ0) is 12.7. The van der Waals surface area contributed by atoms with Gasteiger partial charge in [0.25, 0.3) is 0 Å². The molecule has 0 aliphatic rings. The summed E-state index contributed by atoms with van der Waals surface area (Å²) >= 11 is 0. The molecule has 1 nitrogen and oxygen atoms in total. The molecular formula is C14H20F2O. The number of ether oxygens (including phenoxy) is 1. The van der Waals surface area contributed by atoms with Gasteiger partial charge in [0, 0.05) is 6.07 Å². The van der Waals surface area contributed by atoms with Gasteiger partial charge < -0.3 is 4.74 Å². The molecule has 3 heteroatoms. The molecule has 0 aromatic heterocycles. The van der Waals surface area contributed by atoms with Crippen molar-refractivity contribution in [2.75, 3.05) is 0 Å². The van der Waals surface area contributed by atoms with Gasteiger partial charge in [0.2, 0.25) is 0 Å². The van der Waals surface area contributed by atoms with Crippen molar-refractivity contribution in [2.24, 2.45) is 0 Å². The largest absolute Gasteiger partial charge is 0.374 e. The van der Waals surface area contributed by atoms with Crippen LogP contribution in [0.4, 0.5) is 8.78 Å².